The fourth-order valence-electron chi connectivity index (χ4n) is 3.29. The number of allylic oxidation sites excluding steroid dienone is 2. The molecular weight excluding hydrogens is 292 g/mol. The van der Waals surface area contributed by atoms with E-state index in [9.17, 15) is 4.79 Å². The van der Waals surface area contributed by atoms with Gasteiger partial charge >= 0.3 is 0 Å². The standard InChI is InChI=1S/C18H26N2OS/c1-18(2,3)15-12-22-16(19-15)14-10-6-7-11-20(14)17(21)13-8-4-5-9-13/h4-5,12-14H,6-11H2,1-3H3/t14-/m0/s1. The number of hydrogen-bond donors (Lipinski definition) is 0. The number of thiazole rings is 1. The van der Waals surface area contributed by atoms with Gasteiger partial charge in [-0.3, -0.25) is 4.79 Å². The van der Waals surface area contributed by atoms with Gasteiger partial charge in [0.25, 0.3) is 0 Å². The summed E-state index contributed by atoms with van der Waals surface area (Å²) in [6.45, 7) is 7.48. The second kappa shape index (κ2) is 6.15. The second-order valence-corrected chi connectivity index (χ2v) is 8.39. The first kappa shape index (κ1) is 15.7. The van der Waals surface area contributed by atoms with Gasteiger partial charge in [0.1, 0.15) is 5.01 Å². The van der Waals surface area contributed by atoms with Crippen molar-refractivity contribution in [3.63, 3.8) is 0 Å². The van der Waals surface area contributed by atoms with Crippen LogP contribution < -0.4 is 0 Å². The number of carbonyl (C=O) groups excluding carboxylic acids is 1. The van der Waals surface area contributed by atoms with Crippen LogP contribution in [0.2, 0.25) is 0 Å². The molecule has 0 spiro atoms. The molecule has 1 aliphatic carbocycles. The van der Waals surface area contributed by atoms with E-state index in [2.05, 4.69) is 43.2 Å². The zero-order valence-electron chi connectivity index (χ0n) is 13.8. The van der Waals surface area contributed by atoms with Crippen LogP contribution in [0.3, 0.4) is 0 Å². The smallest absolute Gasteiger partial charge is 0.226 e. The molecule has 1 aliphatic heterocycles. The average Bonchev–Trinajstić information content (AvgIpc) is 3.17. The Labute approximate surface area is 137 Å². The Bertz CT molecular complexity index is 562. The molecule has 3 nitrogen and oxygen atoms in total. The molecule has 0 radical (unpaired) electrons. The number of amides is 1. The van der Waals surface area contributed by atoms with E-state index in [4.69, 9.17) is 4.98 Å². The van der Waals surface area contributed by atoms with E-state index >= 15 is 0 Å². The Balaban J connectivity index is 1.80. The molecule has 1 aromatic rings. The maximum absolute atomic E-state index is 12.9. The molecule has 22 heavy (non-hydrogen) atoms. The van der Waals surface area contributed by atoms with Crippen molar-refractivity contribution in [2.45, 2.75) is 64.3 Å². The first-order valence-electron chi connectivity index (χ1n) is 8.38. The normalized spacial score (nSPS) is 23.2. The highest BCUT2D eigenvalue weighted by molar-refractivity contribution is 7.09. The topological polar surface area (TPSA) is 33.2 Å². The van der Waals surface area contributed by atoms with Crippen molar-refractivity contribution >= 4 is 17.2 Å². The summed E-state index contributed by atoms with van der Waals surface area (Å²) in [5.74, 6) is 0.504. The van der Waals surface area contributed by atoms with E-state index in [1.54, 1.807) is 11.3 Å². The van der Waals surface area contributed by atoms with Gasteiger partial charge in [-0.25, -0.2) is 4.98 Å². The van der Waals surface area contributed by atoms with Crippen molar-refractivity contribution in [1.82, 2.24) is 9.88 Å². The van der Waals surface area contributed by atoms with Crippen molar-refractivity contribution in [1.29, 1.82) is 0 Å². The highest BCUT2D eigenvalue weighted by Crippen LogP contribution is 2.36. The van der Waals surface area contributed by atoms with Crippen molar-refractivity contribution in [3.8, 4) is 0 Å². The number of piperidine rings is 1. The minimum atomic E-state index is 0.0770. The minimum Gasteiger partial charge on any atom is -0.333 e. The summed E-state index contributed by atoms with van der Waals surface area (Å²) in [6, 6.07) is 0.197. The molecule has 1 saturated heterocycles. The highest BCUT2D eigenvalue weighted by atomic mass is 32.1. The van der Waals surface area contributed by atoms with Gasteiger partial charge in [0.2, 0.25) is 5.91 Å². The third-order valence-electron chi connectivity index (χ3n) is 4.72. The molecule has 1 atom stereocenters. The quantitative estimate of drug-likeness (QED) is 0.754. The molecule has 0 saturated carbocycles. The van der Waals surface area contributed by atoms with Crippen LogP contribution in [0.4, 0.5) is 0 Å². The van der Waals surface area contributed by atoms with Gasteiger partial charge in [0.15, 0.2) is 0 Å². The molecule has 2 aliphatic rings. The zero-order valence-corrected chi connectivity index (χ0v) is 14.7. The summed E-state index contributed by atoms with van der Waals surface area (Å²) >= 11 is 1.73. The van der Waals surface area contributed by atoms with Gasteiger partial charge in [0, 0.05) is 23.3 Å². The number of nitrogens with zero attached hydrogens (tertiary/aromatic N) is 2. The molecule has 0 aromatic carbocycles. The fraction of sp³-hybridized carbons (Fsp3) is 0.667. The highest BCUT2D eigenvalue weighted by Gasteiger charge is 2.34. The third kappa shape index (κ3) is 3.12. The van der Waals surface area contributed by atoms with E-state index in [0.29, 0.717) is 5.91 Å². The molecule has 1 fully saturated rings. The number of hydrogen-bond acceptors (Lipinski definition) is 3. The van der Waals surface area contributed by atoms with Gasteiger partial charge < -0.3 is 4.90 Å². The lowest BCUT2D eigenvalue weighted by molar-refractivity contribution is -0.139. The Morgan fingerprint density at radius 3 is 2.64 bits per heavy atom. The Morgan fingerprint density at radius 1 is 1.27 bits per heavy atom. The van der Waals surface area contributed by atoms with Crippen LogP contribution in [-0.4, -0.2) is 22.3 Å². The van der Waals surface area contributed by atoms with E-state index in [1.807, 2.05) is 0 Å². The Morgan fingerprint density at radius 2 is 2.00 bits per heavy atom. The lowest BCUT2D eigenvalue weighted by atomic mass is 9.93. The fourth-order valence-corrected chi connectivity index (χ4v) is 4.48. The SMILES string of the molecule is CC(C)(C)c1csc([C@@H]2CCCCN2C(=O)C2CC=CC2)n1. The van der Waals surface area contributed by atoms with Crippen molar-refractivity contribution in [2.75, 3.05) is 6.54 Å². The molecule has 4 heteroatoms. The number of carbonyl (C=O) groups is 1. The maximum Gasteiger partial charge on any atom is 0.226 e. The monoisotopic (exact) mass is 318 g/mol. The minimum absolute atomic E-state index is 0.0770. The molecule has 1 aromatic heterocycles. The van der Waals surface area contributed by atoms with Gasteiger partial charge in [-0.05, 0) is 32.1 Å². The summed E-state index contributed by atoms with van der Waals surface area (Å²) in [4.78, 5) is 19.8. The maximum atomic E-state index is 12.9. The molecular formula is C18H26N2OS. The van der Waals surface area contributed by atoms with Gasteiger partial charge in [0.05, 0.1) is 11.7 Å². The van der Waals surface area contributed by atoms with Crippen LogP contribution in [0.25, 0.3) is 0 Å². The van der Waals surface area contributed by atoms with Crippen LogP contribution >= 0.6 is 11.3 Å². The largest absolute Gasteiger partial charge is 0.333 e. The van der Waals surface area contributed by atoms with E-state index in [1.165, 1.54) is 6.42 Å². The van der Waals surface area contributed by atoms with Crippen molar-refractivity contribution < 1.29 is 4.79 Å². The second-order valence-electron chi connectivity index (χ2n) is 7.50. The van der Waals surface area contributed by atoms with Gasteiger partial charge in [-0.2, -0.15) is 0 Å². The molecule has 1 amide bonds. The summed E-state index contributed by atoms with van der Waals surface area (Å²) in [5.41, 5.74) is 1.22. The Kier molecular flexibility index (Phi) is 4.40. The van der Waals surface area contributed by atoms with Crippen LogP contribution in [0, 0.1) is 5.92 Å². The molecule has 0 N–H and O–H groups in total. The summed E-state index contributed by atoms with van der Waals surface area (Å²) in [7, 11) is 0. The van der Waals surface area contributed by atoms with Gasteiger partial charge in [-0.1, -0.05) is 32.9 Å². The summed E-state index contributed by atoms with van der Waals surface area (Å²) in [6.07, 6.45) is 9.48. The lowest BCUT2D eigenvalue weighted by Crippen LogP contribution is -2.41. The van der Waals surface area contributed by atoms with Crippen molar-refractivity contribution in [2.24, 2.45) is 5.92 Å². The first-order valence-corrected chi connectivity index (χ1v) is 9.26. The average molecular weight is 318 g/mol. The first-order chi connectivity index (χ1) is 10.5. The molecule has 0 bridgehead atoms. The molecule has 2 heterocycles. The van der Waals surface area contributed by atoms with E-state index in [0.717, 1.165) is 42.9 Å². The van der Waals surface area contributed by atoms with E-state index < -0.39 is 0 Å². The molecule has 3 rings (SSSR count). The summed E-state index contributed by atoms with van der Waals surface area (Å²) < 4.78 is 0. The Hall–Kier alpha value is -1.16. The summed E-state index contributed by atoms with van der Waals surface area (Å²) in [5, 5.41) is 3.30. The van der Waals surface area contributed by atoms with E-state index in [-0.39, 0.29) is 17.4 Å². The van der Waals surface area contributed by atoms with Gasteiger partial charge in [-0.15, -0.1) is 11.3 Å². The predicted molar refractivity (Wildman–Crippen MR) is 91.0 cm³/mol. The number of rotatable bonds is 2. The van der Waals surface area contributed by atoms with Crippen LogP contribution in [0.15, 0.2) is 17.5 Å². The molecule has 120 valence electrons. The third-order valence-corrected chi connectivity index (χ3v) is 5.66. The van der Waals surface area contributed by atoms with Crippen LogP contribution in [-0.2, 0) is 10.2 Å². The van der Waals surface area contributed by atoms with Crippen LogP contribution in [0.1, 0.15) is 69.6 Å². The zero-order chi connectivity index (χ0) is 15.7. The predicted octanol–water partition coefficient (Wildman–Crippen LogP) is 4.46. The van der Waals surface area contributed by atoms with Crippen LogP contribution in [0.5, 0.6) is 0 Å². The van der Waals surface area contributed by atoms with Crippen molar-refractivity contribution in [3.05, 3.63) is 28.2 Å². The number of aromatic nitrogens is 1. The lowest BCUT2D eigenvalue weighted by Gasteiger charge is -2.36. The number of likely N-dealkylation sites (tertiary alicyclic amines) is 1. The molecule has 0 unspecified atom stereocenters.